The number of hydrogen-bond acceptors (Lipinski definition) is 6. The van der Waals surface area contributed by atoms with E-state index in [1.54, 1.807) is 12.1 Å². The second-order valence-corrected chi connectivity index (χ2v) is 6.49. The number of amides is 2. The van der Waals surface area contributed by atoms with Crippen molar-refractivity contribution in [3.8, 4) is 17.2 Å². The number of hydrazone groups is 1. The number of aryl methyl sites for hydroxylation is 1. The third kappa shape index (κ3) is 7.33. The largest absolute Gasteiger partial charge is 0.490 e. The van der Waals surface area contributed by atoms with E-state index in [0.29, 0.717) is 42.6 Å². The molecule has 0 fully saturated rings. The highest BCUT2D eigenvalue weighted by Crippen LogP contribution is 2.39. The highest BCUT2D eigenvalue weighted by molar-refractivity contribution is 5.97. The predicted molar refractivity (Wildman–Crippen MR) is 119 cm³/mol. The molecule has 0 saturated carbocycles. The van der Waals surface area contributed by atoms with Crippen LogP contribution in [0.3, 0.4) is 0 Å². The van der Waals surface area contributed by atoms with Crippen molar-refractivity contribution in [2.75, 3.05) is 26.4 Å². The van der Waals surface area contributed by atoms with Gasteiger partial charge in [-0.15, -0.1) is 0 Å². The Morgan fingerprint density at radius 2 is 1.52 bits per heavy atom. The van der Waals surface area contributed by atoms with E-state index in [0.717, 1.165) is 11.1 Å². The molecule has 2 N–H and O–H groups in total. The summed E-state index contributed by atoms with van der Waals surface area (Å²) in [6.45, 7) is 8.52. The molecule has 0 saturated heterocycles. The normalized spacial score (nSPS) is 10.6. The maximum absolute atomic E-state index is 12.6. The Kier molecular flexibility index (Phi) is 9.35. The van der Waals surface area contributed by atoms with Gasteiger partial charge in [-0.1, -0.05) is 29.8 Å². The lowest BCUT2D eigenvalue weighted by molar-refractivity contribution is -0.120. The minimum atomic E-state index is -0.447. The molecule has 0 heterocycles. The molecule has 8 nitrogen and oxygen atoms in total. The van der Waals surface area contributed by atoms with Crippen molar-refractivity contribution in [1.82, 2.24) is 10.7 Å². The average Bonchev–Trinajstić information content (AvgIpc) is 2.75. The van der Waals surface area contributed by atoms with E-state index in [2.05, 4.69) is 15.8 Å². The van der Waals surface area contributed by atoms with Gasteiger partial charge < -0.3 is 19.5 Å². The summed E-state index contributed by atoms with van der Waals surface area (Å²) in [6.07, 6.45) is 1.54. The lowest BCUT2D eigenvalue weighted by Crippen LogP contribution is -2.35. The number of benzene rings is 2. The van der Waals surface area contributed by atoms with Gasteiger partial charge in [0.15, 0.2) is 11.5 Å². The fourth-order valence-electron chi connectivity index (χ4n) is 2.65. The molecular weight excluding hydrogens is 398 g/mol. The van der Waals surface area contributed by atoms with Crippen LogP contribution in [0.25, 0.3) is 0 Å². The maximum atomic E-state index is 12.6. The number of rotatable bonds is 11. The van der Waals surface area contributed by atoms with Gasteiger partial charge in [0.25, 0.3) is 11.8 Å². The highest BCUT2D eigenvalue weighted by Gasteiger charge is 2.18. The third-order valence-electron chi connectivity index (χ3n) is 4.06. The van der Waals surface area contributed by atoms with Gasteiger partial charge in [-0.2, -0.15) is 5.10 Å². The first-order valence-corrected chi connectivity index (χ1v) is 10.2. The number of carbonyl (C=O) groups excluding carboxylic acids is 2. The third-order valence-corrected chi connectivity index (χ3v) is 4.06. The summed E-state index contributed by atoms with van der Waals surface area (Å²) in [5, 5.41) is 6.47. The zero-order valence-electron chi connectivity index (χ0n) is 18.4. The van der Waals surface area contributed by atoms with E-state index in [-0.39, 0.29) is 6.54 Å². The van der Waals surface area contributed by atoms with Gasteiger partial charge >= 0.3 is 0 Å². The van der Waals surface area contributed by atoms with E-state index in [4.69, 9.17) is 14.2 Å². The van der Waals surface area contributed by atoms with E-state index in [1.807, 2.05) is 52.0 Å². The van der Waals surface area contributed by atoms with Crippen LogP contribution in [0.15, 0.2) is 41.5 Å². The summed E-state index contributed by atoms with van der Waals surface area (Å²) in [7, 11) is 0. The number of carbonyl (C=O) groups is 2. The van der Waals surface area contributed by atoms with Crippen LogP contribution >= 0.6 is 0 Å². The minimum Gasteiger partial charge on any atom is -0.490 e. The summed E-state index contributed by atoms with van der Waals surface area (Å²) < 4.78 is 16.9. The van der Waals surface area contributed by atoms with Crippen molar-refractivity contribution >= 4 is 18.0 Å². The van der Waals surface area contributed by atoms with Gasteiger partial charge in [-0.05, 0) is 45.4 Å². The van der Waals surface area contributed by atoms with Gasteiger partial charge in [0.2, 0.25) is 5.75 Å². The molecule has 2 amide bonds. The van der Waals surface area contributed by atoms with E-state index < -0.39 is 11.8 Å². The number of ether oxygens (including phenoxy) is 3. The van der Waals surface area contributed by atoms with Crippen LogP contribution in [0.1, 0.15) is 42.3 Å². The van der Waals surface area contributed by atoms with Gasteiger partial charge in [-0.25, -0.2) is 5.43 Å². The summed E-state index contributed by atoms with van der Waals surface area (Å²) in [6, 6.07) is 10.8. The molecule has 0 aliphatic rings. The topological polar surface area (TPSA) is 98.2 Å². The molecule has 2 aromatic carbocycles. The molecule has 0 radical (unpaired) electrons. The quantitative estimate of drug-likeness (QED) is 0.424. The zero-order valence-corrected chi connectivity index (χ0v) is 18.4. The van der Waals surface area contributed by atoms with E-state index in [1.165, 1.54) is 6.21 Å². The molecular formula is C23H29N3O5. The first-order chi connectivity index (χ1) is 15.0. The first-order valence-electron chi connectivity index (χ1n) is 10.2. The Labute approximate surface area is 182 Å². The Hall–Kier alpha value is -3.55. The second-order valence-electron chi connectivity index (χ2n) is 6.49. The van der Waals surface area contributed by atoms with Gasteiger partial charge in [0.05, 0.1) is 32.6 Å². The Balaban J connectivity index is 2.01. The number of hydrogen-bond donors (Lipinski definition) is 2. The molecule has 2 rings (SSSR count). The molecule has 0 atom stereocenters. The predicted octanol–water partition coefficient (Wildman–Crippen LogP) is 3.07. The van der Waals surface area contributed by atoms with Crippen LogP contribution in [-0.2, 0) is 4.79 Å². The van der Waals surface area contributed by atoms with Crippen LogP contribution in [-0.4, -0.2) is 44.4 Å². The molecule has 0 aromatic heterocycles. The molecule has 2 aromatic rings. The fourth-order valence-corrected chi connectivity index (χ4v) is 2.65. The Bertz CT molecular complexity index is 883. The van der Waals surface area contributed by atoms with Crippen molar-refractivity contribution in [3.63, 3.8) is 0 Å². The molecule has 0 bridgehead atoms. The van der Waals surface area contributed by atoms with Gasteiger partial charge in [0.1, 0.15) is 0 Å². The Morgan fingerprint density at radius 3 is 2.06 bits per heavy atom. The summed E-state index contributed by atoms with van der Waals surface area (Å²) in [5.74, 6) is 0.381. The van der Waals surface area contributed by atoms with E-state index in [9.17, 15) is 9.59 Å². The van der Waals surface area contributed by atoms with Crippen LogP contribution in [0, 0.1) is 6.92 Å². The lowest BCUT2D eigenvalue weighted by atomic mass is 10.1. The maximum Gasteiger partial charge on any atom is 0.259 e. The average molecular weight is 428 g/mol. The van der Waals surface area contributed by atoms with Crippen LogP contribution < -0.4 is 25.0 Å². The monoisotopic (exact) mass is 427 g/mol. The smallest absolute Gasteiger partial charge is 0.259 e. The van der Waals surface area contributed by atoms with Crippen LogP contribution in [0.5, 0.6) is 17.2 Å². The second kappa shape index (κ2) is 12.2. The molecule has 31 heavy (non-hydrogen) atoms. The lowest BCUT2D eigenvalue weighted by Gasteiger charge is -2.17. The van der Waals surface area contributed by atoms with Crippen molar-refractivity contribution < 1.29 is 23.8 Å². The molecule has 0 aliphatic carbocycles. The minimum absolute atomic E-state index is 0.231. The van der Waals surface area contributed by atoms with Crippen molar-refractivity contribution in [3.05, 3.63) is 53.1 Å². The number of nitrogens with zero attached hydrogens (tertiary/aromatic N) is 1. The standard InChI is InChI=1S/C23H29N3O5/c1-5-29-19-12-18(13-20(30-6-2)22(19)31-7-3)23(28)24-15-21(27)26-25-14-17-10-8-16(4)9-11-17/h8-14H,5-7,15H2,1-4H3,(H,24,28)(H,26,27)/b25-14+. The Morgan fingerprint density at radius 1 is 0.935 bits per heavy atom. The SMILES string of the molecule is CCOc1cc(C(=O)NCC(=O)N/N=C/c2ccc(C)cc2)cc(OCC)c1OCC. The molecule has 0 spiro atoms. The van der Waals surface area contributed by atoms with Crippen molar-refractivity contribution in [1.29, 1.82) is 0 Å². The first kappa shape index (κ1) is 23.7. The highest BCUT2D eigenvalue weighted by atomic mass is 16.5. The summed E-state index contributed by atoms with van der Waals surface area (Å²) in [4.78, 5) is 24.6. The fraction of sp³-hybridized carbons (Fsp3) is 0.348. The van der Waals surface area contributed by atoms with Crippen molar-refractivity contribution in [2.24, 2.45) is 5.10 Å². The number of nitrogens with one attached hydrogen (secondary N) is 2. The molecule has 8 heteroatoms. The summed E-state index contributed by atoms with van der Waals surface area (Å²) >= 11 is 0. The zero-order chi connectivity index (χ0) is 22.6. The van der Waals surface area contributed by atoms with Crippen LogP contribution in [0.2, 0.25) is 0 Å². The molecule has 0 aliphatic heterocycles. The van der Waals surface area contributed by atoms with Gasteiger partial charge in [0, 0.05) is 5.56 Å². The van der Waals surface area contributed by atoms with Gasteiger partial charge in [-0.3, -0.25) is 9.59 Å². The molecule has 166 valence electrons. The molecule has 0 unspecified atom stereocenters. The van der Waals surface area contributed by atoms with Crippen molar-refractivity contribution in [2.45, 2.75) is 27.7 Å². The van der Waals surface area contributed by atoms with Crippen LogP contribution in [0.4, 0.5) is 0 Å². The van der Waals surface area contributed by atoms with E-state index >= 15 is 0 Å². The summed E-state index contributed by atoms with van der Waals surface area (Å²) in [5.41, 5.74) is 4.68.